The van der Waals surface area contributed by atoms with Crippen LogP contribution in [0, 0.1) is 0 Å². The number of hydrogen-bond acceptors (Lipinski definition) is 4. The zero-order chi connectivity index (χ0) is 11.7. The van der Waals surface area contributed by atoms with Crippen LogP contribution in [-0.4, -0.2) is 39.6 Å². The van der Waals surface area contributed by atoms with Crippen molar-refractivity contribution >= 4 is 47.2 Å². The van der Waals surface area contributed by atoms with Crippen molar-refractivity contribution in [3.8, 4) is 0 Å². The van der Waals surface area contributed by atoms with Gasteiger partial charge in [0.15, 0.2) is 0 Å². The van der Waals surface area contributed by atoms with E-state index in [1.165, 1.54) is 16.2 Å². The topological polar surface area (TPSA) is 53.4 Å². The highest BCUT2D eigenvalue weighted by Crippen LogP contribution is 2.30. The van der Waals surface area contributed by atoms with Crippen molar-refractivity contribution in [2.24, 2.45) is 0 Å². The Hall–Kier alpha value is -0.720. The number of nitrogens with zero attached hydrogens (tertiary/aromatic N) is 2. The van der Waals surface area contributed by atoms with E-state index in [2.05, 4.69) is 17.6 Å². The van der Waals surface area contributed by atoms with Crippen LogP contribution in [0.2, 0.25) is 0 Å². The van der Waals surface area contributed by atoms with Gasteiger partial charge >= 0.3 is 6.09 Å². The third-order valence-corrected chi connectivity index (χ3v) is 3.77. The summed E-state index contributed by atoms with van der Waals surface area (Å²) in [5.74, 6) is 0.234. The molecule has 2 rings (SSSR count). The third-order valence-electron chi connectivity index (χ3n) is 2.42. The van der Waals surface area contributed by atoms with Gasteiger partial charge in [0, 0.05) is 23.4 Å². The number of alkyl halides is 1. The number of aromatic nitrogens is 1. The average molecular weight is 277 g/mol. The summed E-state index contributed by atoms with van der Waals surface area (Å²) in [4.78, 5) is 16.5. The smallest absolute Gasteiger partial charge is 0.408 e. The Balaban J connectivity index is 2.26. The maximum absolute atomic E-state index is 11.0. The first kappa shape index (κ1) is 11.8. The lowest BCUT2D eigenvalue weighted by Crippen LogP contribution is -2.37. The van der Waals surface area contributed by atoms with Crippen molar-refractivity contribution in [2.75, 3.05) is 12.4 Å². The number of halogens is 1. The van der Waals surface area contributed by atoms with Crippen LogP contribution in [0.15, 0.2) is 15.8 Å². The number of hydrogen-bond donors (Lipinski definition) is 2. The lowest BCUT2D eigenvalue weighted by molar-refractivity contribution is 0.148. The molecule has 0 unspecified atom stereocenters. The minimum Gasteiger partial charge on any atom is -0.465 e. The molecule has 7 heteroatoms. The summed E-state index contributed by atoms with van der Waals surface area (Å²) < 4.78 is 0.665. The molecule has 16 heavy (non-hydrogen) atoms. The molecule has 2 heterocycles. The second kappa shape index (κ2) is 4.65. The van der Waals surface area contributed by atoms with Crippen molar-refractivity contribution in [3.05, 3.63) is 17.2 Å². The largest absolute Gasteiger partial charge is 0.465 e. The highest BCUT2D eigenvalue weighted by atomic mass is 35.5. The van der Waals surface area contributed by atoms with Gasteiger partial charge in [-0.25, -0.2) is 9.78 Å². The molecule has 0 saturated carbocycles. The van der Waals surface area contributed by atoms with Gasteiger partial charge < -0.3 is 5.11 Å². The highest BCUT2D eigenvalue weighted by Gasteiger charge is 2.31. The molecular formula is C9H9ClN2O2S2. The Morgan fingerprint density at radius 3 is 3.06 bits per heavy atom. The Morgan fingerprint density at radius 2 is 2.56 bits per heavy atom. The number of carbonyl (C=O) groups is 1. The molecule has 1 aliphatic rings. The van der Waals surface area contributed by atoms with Crippen LogP contribution in [0.1, 0.15) is 5.69 Å². The molecule has 1 aliphatic heterocycles. The van der Waals surface area contributed by atoms with Crippen molar-refractivity contribution < 1.29 is 9.90 Å². The van der Waals surface area contributed by atoms with E-state index in [0.717, 1.165) is 11.3 Å². The van der Waals surface area contributed by atoms with Crippen molar-refractivity contribution in [1.82, 2.24) is 9.88 Å². The number of thiazole rings is 1. The Labute approximate surface area is 107 Å². The molecule has 0 aliphatic carbocycles. The molecule has 0 spiro atoms. The zero-order valence-electron chi connectivity index (χ0n) is 8.13. The molecule has 86 valence electrons. The first-order valence-corrected chi connectivity index (χ1v) is 6.40. The number of thiol groups is 1. The molecule has 0 aromatic carbocycles. The fourth-order valence-electron chi connectivity index (χ4n) is 1.68. The molecule has 0 radical (unpaired) electrons. The maximum Gasteiger partial charge on any atom is 0.408 e. The van der Waals surface area contributed by atoms with E-state index in [4.69, 9.17) is 16.7 Å². The van der Waals surface area contributed by atoms with E-state index in [9.17, 15) is 4.79 Å². The van der Waals surface area contributed by atoms with Crippen molar-refractivity contribution in [2.45, 2.75) is 10.4 Å². The van der Waals surface area contributed by atoms with E-state index in [-0.39, 0.29) is 11.9 Å². The van der Waals surface area contributed by atoms with Gasteiger partial charge in [-0.3, -0.25) is 4.90 Å². The minimum absolute atomic E-state index is 0.234. The van der Waals surface area contributed by atoms with Crippen LogP contribution in [-0.2, 0) is 0 Å². The molecule has 1 aromatic heterocycles. The average Bonchev–Trinajstić information content (AvgIpc) is 2.82. The fraction of sp³-hybridized carbons (Fsp3) is 0.333. The van der Waals surface area contributed by atoms with Crippen molar-refractivity contribution in [3.63, 3.8) is 0 Å². The van der Waals surface area contributed by atoms with Crippen molar-refractivity contribution in [1.29, 1.82) is 0 Å². The monoisotopic (exact) mass is 276 g/mol. The van der Waals surface area contributed by atoms with E-state index < -0.39 is 6.09 Å². The van der Waals surface area contributed by atoms with Gasteiger partial charge in [-0.05, 0) is 0 Å². The van der Waals surface area contributed by atoms with E-state index in [1.54, 1.807) is 0 Å². The summed E-state index contributed by atoms with van der Waals surface area (Å²) >= 11 is 11.4. The van der Waals surface area contributed by atoms with E-state index >= 15 is 0 Å². The Kier molecular flexibility index (Phi) is 3.41. The van der Waals surface area contributed by atoms with Crippen LogP contribution in [0.25, 0.3) is 5.57 Å². The molecule has 1 amide bonds. The predicted octanol–water partition coefficient (Wildman–Crippen LogP) is 2.42. The molecule has 4 nitrogen and oxygen atoms in total. The number of rotatable bonds is 2. The van der Waals surface area contributed by atoms with Crippen LogP contribution >= 0.6 is 35.6 Å². The summed E-state index contributed by atoms with van der Waals surface area (Å²) in [6.45, 7) is 0.363. The van der Waals surface area contributed by atoms with Gasteiger partial charge in [-0.1, -0.05) is 6.08 Å². The second-order valence-electron chi connectivity index (χ2n) is 3.28. The minimum atomic E-state index is -0.960. The van der Waals surface area contributed by atoms with Gasteiger partial charge in [-0.15, -0.1) is 35.6 Å². The Bertz CT molecular complexity index is 446. The summed E-state index contributed by atoms with van der Waals surface area (Å²) in [7, 11) is 0. The van der Waals surface area contributed by atoms with E-state index in [0.29, 0.717) is 10.9 Å². The molecule has 0 fully saturated rings. The van der Waals surface area contributed by atoms with Gasteiger partial charge in [0.2, 0.25) is 0 Å². The molecule has 1 aromatic rings. The zero-order valence-corrected chi connectivity index (χ0v) is 10.6. The molecule has 1 N–H and O–H groups in total. The second-order valence-corrected chi connectivity index (χ2v) is 5.17. The van der Waals surface area contributed by atoms with Gasteiger partial charge in [-0.2, -0.15) is 0 Å². The number of amides is 1. The molecule has 0 saturated heterocycles. The van der Waals surface area contributed by atoms with Gasteiger partial charge in [0.05, 0.1) is 11.7 Å². The lowest BCUT2D eigenvalue weighted by Gasteiger charge is -2.21. The standard InChI is InChI=1S/C9H9ClN2O2S2/c10-3-7-5(1-2-12(7)9(13)14)6-4-16-8(15)11-6/h1,4,7H,2-3H2,(H,11,15)(H,13,14)/t7-/m0/s1. The summed E-state index contributed by atoms with van der Waals surface area (Å²) in [5, 5.41) is 10.8. The maximum atomic E-state index is 11.0. The van der Waals surface area contributed by atoms with Gasteiger partial charge in [0.25, 0.3) is 0 Å². The quantitative estimate of drug-likeness (QED) is 0.644. The van der Waals surface area contributed by atoms with Crippen LogP contribution in [0.3, 0.4) is 0 Å². The fourth-order valence-corrected chi connectivity index (χ4v) is 2.83. The predicted molar refractivity (Wildman–Crippen MR) is 66.6 cm³/mol. The van der Waals surface area contributed by atoms with Crippen LogP contribution in [0.5, 0.6) is 0 Å². The van der Waals surface area contributed by atoms with Crippen LogP contribution < -0.4 is 0 Å². The van der Waals surface area contributed by atoms with Crippen LogP contribution in [0.4, 0.5) is 4.79 Å². The first-order chi connectivity index (χ1) is 7.63. The van der Waals surface area contributed by atoms with Gasteiger partial charge in [0.1, 0.15) is 4.34 Å². The molecule has 1 atom stereocenters. The normalized spacial score (nSPS) is 20.0. The SMILES string of the molecule is O=C(O)N1CC=C(c2csc(S)n2)[C@@H]1CCl. The summed E-state index contributed by atoms with van der Waals surface area (Å²) in [5.41, 5.74) is 1.64. The highest BCUT2D eigenvalue weighted by molar-refractivity contribution is 7.82. The summed E-state index contributed by atoms with van der Waals surface area (Å²) in [6.07, 6.45) is 0.891. The van der Waals surface area contributed by atoms with E-state index in [1.807, 2.05) is 11.5 Å². The summed E-state index contributed by atoms with van der Waals surface area (Å²) in [6, 6.07) is -0.311. The Morgan fingerprint density at radius 1 is 1.81 bits per heavy atom. The number of carboxylic acid groups (broad SMARTS) is 1. The third kappa shape index (κ3) is 2.05. The molecule has 0 bridgehead atoms. The first-order valence-electron chi connectivity index (χ1n) is 4.54. The lowest BCUT2D eigenvalue weighted by atomic mass is 10.1. The molecular weight excluding hydrogens is 268 g/mol.